The number of urea groups is 1. The molecule has 0 aromatic rings. The number of carbonyl (C=O) groups excluding carboxylic acids is 1. The second-order valence-electron chi connectivity index (χ2n) is 5.34. The summed E-state index contributed by atoms with van der Waals surface area (Å²) in [6.07, 6.45) is 4.86. The Morgan fingerprint density at radius 3 is 2.27 bits per heavy atom. The van der Waals surface area contributed by atoms with E-state index < -0.39 is 0 Å². The van der Waals surface area contributed by atoms with Gasteiger partial charge < -0.3 is 15.5 Å². The van der Waals surface area contributed by atoms with E-state index in [4.69, 9.17) is 5.73 Å². The summed E-state index contributed by atoms with van der Waals surface area (Å²) in [4.78, 5) is 15.8. The summed E-state index contributed by atoms with van der Waals surface area (Å²) in [6, 6.07) is 0.217. The molecule has 1 aliphatic carbocycles. The second kappa shape index (κ2) is 3.11. The number of hydrogen-bond acceptors (Lipinski definition) is 2. The van der Waals surface area contributed by atoms with Crippen LogP contribution in [-0.2, 0) is 0 Å². The number of nitrogens with two attached hydrogens (primary N) is 1. The van der Waals surface area contributed by atoms with Crippen molar-refractivity contribution in [2.45, 2.75) is 31.2 Å². The highest BCUT2D eigenvalue weighted by Gasteiger charge is 2.52. The summed E-state index contributed by atoms with van der Waals surface area (Å²) in [7, 11) is 0. The Morgan fingerprint density at radius 1 is 1.13 bits per heavy atom. The fourth-order valence-electron chi connectivity index (χ4n) is 2.82. The summed E-state index contributed by atoms with van der Waals surface area (Å²) in [5.41, 5.74) is 6.19. The summed E-state index contributed by atoms with van der Waals surface area (Å²) < 4.78 is 0. The molecule has 15 heavy (non-hydrogen) atoms. The fraction of sp³-hybridized carbons (Fsp3) is 0.909. The van der Waals surface area contributed by atoms with Gasteiger partial charge in [-0.3, -0.25) is 0 Å². The van der Waals surface area contributed by atoms with Crippen LogP contribution in [0.4, 0.5) is 4.79 Å². The van der Waals surface area contributed by atoms with Crippen LogP contribution in [0.15, 0.2) is 0 Å². The zero-order valence-electron chi connectivity index (χ0n) is 9.11. The molecule has 0 bridgehead atoms. The van der Waals surface area contributed by atoms with Crippen molar-refractivity contribution in [3.05, 3.63) is 0 Å². The van der Waals surface area contributed by atoms with Gasteiger partial charge in [0.15, 0.2) is 0 Å². The largest absolute Gasteiger partial charge is 0.325 e. The van der Waals surface area contributed by atoms with Crippen molar-refractivity contribution >= 4 is 6.03 Å². The first-order valence-electron chi connectivity index (χ1n) is 6.02. The average Bonchev–Trinajstić information content (AvgIpc) is 2.89. The highest BCUT2D eigenvalue weighted by molar-refractivity contribution is 5.76. The first-order valence-corrected chi connectivity index (χ1v) is 6.02. The molecule has 4 heteroatoms. The van der Waals surface area contributed by atoms with Crippen molar-refractivity contribution < 1.29 is 4.79 Å². The fourth-order valence-corrected chi connectivity index (χ4v) is 2.82. The molecule has 1 saturated carbocycles. The first kappa shape index (κ1) is 9.46. The standard InChI is InChI=1S/C11H19N3O/c12-11(9-3-4-9)7-14(8-11)10(15)13-5-1-2-6-13/h9H,1-8,12H2. The van der Waals surface area contributed by atoms with E-state index in [1.165, 1.54) is 12.8 Å². The minimum Gasteiger partial charge on any atom is -0.325 e. The molecule has 0 radical (unpaired) electrons. The van der Waals surface area contributed by atoms with E-state index >= 15 is 0 Å². The van der Waals surface area contributed by atoms with E-state index in [1.807, 2.05) is 9.80 Å². The van der Waals surface area contributed by atoms with Crippen LogP contribution < -0.4 is 5.73 Å². The van der Waals surface area contributed by atoms with Crippen molar-refractivity contribution in [1.29, 1.82) is 0 Å². The second-order valence-corrected chi connectivity index (χ2v) is 5.34. The van der Waals surface area contributed by atoms with Crippen LogP contribution in [0.2, 0.25) is 0 Å². The zero-order chi connectivity index (χ0) is 10.5. The van der Waals surface area contributed by atoms with Gasteiger partial charge in [-0.1, -0.05) is 0 Å². The summed E-state index contributed by atoms with van der Waals surface area (Å²) in [6.45, 7) is 3.45. The number of hydrogen-bond donors (Lipinski definition) is 1. The molecule has 0 aromatic heterocycles. The Balaban J connectivity index is 1.55. The van der Waals surface area contributed by atoms with Gasteiger partial charge in [0.1, 0.15) is 0 Å². The SMILES string of the molecule is NC1(C2CC2)CN(C(=O)N2CCCC2)C1. The number of nitrogens with zero attached hydrogens (tertiary/aromatic N) is 2. The van der Waals surface area contributed by atoms with E-state index in [0.29, 0.717) is 5.92 Å². The maximum Gasteiger partial charge on any atom is 0.320 e. The molecule has 3 aliphatic rings. The Morgan fingerprint density at radius 2 is 1.73 bits per heavy atom. The minimum atomic E-state index is -0.0324. The number of rotatable bonds is 1. The van der Waals surface area contributed by atoms with Crippen molar-refractivity contribution in [1.82, 2.24) is 9.80 Å². The smallest absolute Gasteiger partial charge is 0.320 e. The Bertz CT molecular complexity index is 276. The molecule has 2 N–H and O–H groups in total. The van der Waals surface area contributed by atoms with Crippen LogP contribution in [0.3, 0.4) is 0 Å². The van der Waals surface area contributed by atoms with Crippen LogP contribution >= 0.6 is 0 Å². The van der Waals surface area contributed by atoms with Crippen molar-refractivity contribution in [3.63, 3.8) is 0 Å². The van der Waals surface area contributed by atoms with E-state index in [1.54, 1.807) is 0 Å². The van der Waals surface area contributed by atoms with Gasteiger partial charge >= 0.3 is 6.03 Å². The lowest BCUT2D eigenvalue weighted by Crippen LogP contribution is -2.71. The third-order valence-corrected chi connectivity index (χ3v) is 4.01. The van der Waals surface area contributed by atoms with Crippen LogP contribution in [0.1, 0.15) is 25.7 Å². The molecule has 3 rings (SSSR count). The molecular formula is C11H19N3O. The molecule has 0 unspecified atom stereocenters. The predicted octanol–water partition coefficient (Wildman–Crippen LogP) is 0.625. The lowest BCUT2D eigenvalue weighted by atomic mass is 9.86. The Labute approximate surface area is 90.4 Å². The van der Waals surface area contributed by atoms with Gasteiger partial charge in [-0.2, -0.15) is 0 Å². The topological polar surface area (TPSA) is 49.6 Å². The molecular weight excluding hydrogens is 190 g/mol. The van der Waals surface area contributed by atoms with Gasteiger partial charge in [-0.05, 0) is 31.6 Å². The van der Waals surface area contributed by atoms with Gasteiger partial charge in [0.05, 0.1) is 5.54 Å². The van der Waals surface area contributed by atoms with Gasteiger partial charge in [0.2, 0.25) is 0 Å². The summed E-state index contributed by atoms with van der Waals surface area (Å²) >= 11 is 0. The average molecular weight is 209 g/mol. The van der Waals surface area contributed by atoms with Gasteiger partial charge in [0.25, 0.3) is 0 Å². The highest BCUT2D eigenvalue weighted by Crippen LogP contribution is 2.43. The monoisotopic (exact) mass is 209 g/mol. The molecule has 2 amide bonds. The quantitative estimate of drug-likeness (QED) is 0.688. The van der Waals surface area contributed by atoms with E-state index in [2.05, 4.69) is 0 Å². The molecule has 4 nitrogen and oxygen atoms in total. The number of likely N-dealkylation sites (tertiary alicyclic amines) is 2. The third kappa shape index (κ3) is 1.51. The lowest BCUT2D eigenvalue weighted by molar-refractivity contribution is 0.0641. The minimum absolute atomic E-state index is 0.0324. The molecule has 0 spiro atoms. The maximum absolute atomic E-state index is 12.0. The van der Waals surface area contributed by atoms with Crippen LogP contribution in [0.25, 0.3) is 0 Å². The van der Waals surface area contributed by atoms with E-state index in [0.717, 1.165) is 39.0 Å². The van der Waals surface area contributed by atoms with Crippen LogP contribution in [-0.4, -0.2) is 47.5 Å². The van der Waals surface area contributed by atoms with E-state index in [-0.39, 0.29) is 11.6 Å². The molecule has 0 aromatic carbocycles. The lowest BCUT2D eigenvalue weighted by Gasteiger charge is -2.49. The molecule has 2 heterocycles. The van der Waals surface area contributed by atoms with Crippen molar-refractivity contribution in [2.24, 2.45) is 11.7 Å². The maximum atomic E-state index is 12.0. The normalized spacial score (nSPS) is 29.1. The molecule has 0 atom stereocenters. The Hall–Kier alpha value is -0.770. The van der Waals surface area contributed by atoms with Crippen molar-refractivity contribution in [3.8, 4) is 0 Å². The highest BCUT2D eigenvalue weighted by atomic mass is 16.2. The van der Waals surface area contributed by atoms with Gasteiger partial charge in [-0.15, -0.1) is 0 Å². The Kier molecular flexibility index (Phi) is 1.96. The molecule has 2 aliphatic heterocycles. The summed E-state index contributed by atoms with van der Waals surface area (Å²) in [5, 5.41) is 0. The summed E-state index contributed by atoms with van der Waals surface area (Å²) in [5.74, 6) is 0.695. The van der Waals surface area contributed by atoms with E-state index in [9.17, 15) is 4.79 Å². The van der Waals surface area contributed by atoms with Crippen molar-refractivity contribution in [2.75, 3.05) is 26.2 Å². The van der Waals surface area contributed by atoms with Crippen LogP contribution in [0.5, 0.6) is 0 Å². The number of carbonyl (C=O) groups is 1. The molecule has 84 valence electrons. The molecule has 2 saturated heterocycles. The van der Waals surface area contributed by atoms with Crippen LogP contribution in [0, 0.1) is 5.92 Å². The third-order valence-electron chi connectivity index (χ3n) is 4.01. The van der Waals surface area contributed by atoms with Gasteiger partial charge in [-0.25, -0.2) is 4.79 Å². The zero-order valence-corrected chi connectivity index (χ0v) is 9.11. The molecule has 3 fully saturated rings. The van der Waals surface area contributed by atoms with Gasteiger partial charge in [0, 0.05) is 26.2 Å². The first-order chi connectivity index (χ1) is 7.19. The predicted molar refractivity (Wildman–Crippen MR) is 57.4 cm³/mol. The number of amides is 2.